The molecule has 1 aliphatic rings. The molecule has 2 heteroatoms. The van der Waals surface area contributed by atoms with Crippen LogP contribution in [-0.2, 0) is 4.79 Å². The molecule has 1 fully saturated rings. The fraction of sp³-hybridized carbons (Fsp3) is 0.500. The molecule has 0 aromatic carbocycles. The maximum absolute atomic E-state index is 10.2. The number of allylic oxidation sites excluding steroid dienone is 1. The summed E-state index contributed by atoms with van der Waals surface area (Å²) in [6.45, 7) is 3.69. The maximum Gasteiger partial charge on any atom is 0.218 e. The number of primary amides is 1. The largest absolute Gasteiger partial charge is 0.370 e. The lowest BCUT2D eigenvalue weighted by molar-refractivity contribution is -0.118. The first-order chi connectivity index (χ1) is 3.70. The highest BCUT2D eigenvalue weighted by Crippen LogP contribution is 2.38. The molecular weight excluding hydrogens is 102 g/mol. The first kappa shape index (κ1) is 5.35. The van der Waals surface area contributed by atoms with Crippen LogP contribution >= 0.6 is 0 Å². The third kappa shape index (κ3) is 1.09. The average Bonchev–Trinajstić information content (AvgIpc) is 2.17. The standard InChI is InChI=1S/C6H9NO/c1-4-2-5(4)3-6(7)8/h5H,1-3H2,(H2,7,8)/t5-/m1/s1. The normalized spacial score (nSPS) is 25.5. The Morgan fingerprint density at radius 1 is 2.00 bits per heavy atom. The van der Waals surface area contributed by atoms with Crippen molar-refractivity contribution in [1.29, 1.82) is 0 Å². The van der Waals surface area contributed by atoms with E-state index in [-0.39, 0.29) is 5.91 Å². The minimum Gasteiger partial charge on any atom is -0.370 e. The molecule has 0 heterocycles. The minimum atomic E-state index is -0.214. The van der Waals surface area contributed by atoms with Crippen LogP contribution in [0, 0.1) is 5.92 Å². The van der Waals surface area contributed by atoms with E-state index in [1.54, 1.807) is 0 Å². The molecule has 2 nitrogen and oxygen atoms in total. The van der Waals surface area contributed by atoms with Crippen molar-refractivity contribution < 1.29 is 4.79 Å². The number of hydrogen-bond acceptors (Lipinski definition) is 1. The molecule has 44 valence electrons. The van der Waals surface area contributed by atoms with Gasteiger partial charge in [-0.05, 0) is 12.3 Å². The van der Waals surface area contributed by atoms with Crippen LogP contribution in [0.25, 0.3) is 0 Å². The van der Waals surface area contributed by atoms with Gasteiger partial charge in [0.15, 0.2) is 0 Å². The fourth-order valence-corrected chi connectivity index (χ4v) is 0.717. The Morgan fingerprint density at radius 3 is 2.62 bits per heavy atom. The molecule has 0 spiro atoms. The van der Waals surface area contributed by atoms with Crippen LogP contribution in [0.1, 0.15) is 12.8 Å². The summed E-state index contributed by atoms with van der Waals surface area (Å²) < 4.78 is 0. The summed E-state index contributed by atoms with van der Waals surface area (Å²) in [7, 11) is 0. The molecule has 0 bridgehead atoms. The van der Waals surface area contributed by atoms with E-state index >= 15 is 0 Å². The Morgan fingerprint density at radius 2 is 2.50 bits per heavy atom. The van der Waals surface area contributed by atoms with Crippen LogP contribution in [0.5, 0.6) is 0 Å². The molecule has 0 aromatic heterocycles. The molecule has 1 saturated carbocycles. The zero-order valence-electron chi connectivity index (χ0n) is 4.68. The third-order valence-electron chi connectivity index (χ3n) is 1.37. The van der Waals surface area contributed by atoms with Gasteiger partial charge in [-0.25, -0.2) is 0 Å². The van der Waals surface area contributed by atoms with Gasteiger partial charge in [-0.2, -0.15) is 0 Å². The first-order valence-corrected chi connectivity index (χ1v) is 2.66. The van der Waals surface area contributed by atoms with Crippen LogP contribution in [0.15, 0.2) is 12.2 Å². The highest BCUT2D eigenvalue weighted by molar-refractivity contribution is 5.75. The summed E-state index contributed by atoms with van der Waals surface area (Å²) >= 11 is 0. The molecule has 1 amide bonds. The van der Waals surface area contributed by atoms with Crippen LogP contribution in [-0.4, -0.2) is 5.91 Å². The van der Waals surface area contributed by atoms with Crippen LogP contribution in [0.2, 0.25) is 0 Å². The van der Waals surface area contributed by atoms with E-state index in [0.717, 1.165) is 6.42 Å². The van der Waals surface area contributed by atoms with E-state index in [4.69, 9.17) is 5.73 Å². The maximum atomic E-state index is 10.2. The zero-order valence-corrected chi connectivity index (χ0v) is 4.68. The summed E-state index contributed by atoms with van der Waals surface area (Å²) in [5, 5.41) is 0. The summed E-state index contributed by atoms with van der Waals surface area (Å²) in [5.41, 5.74) is 6.09. The SMILES string of the molecule is C=C1C[C@@H]1CC(N)=O. The minimum absolute atomic E-state index is 0.214. The Bertz CT molecular complexity index is 139. The van der Waals surface area contributed by atoms with Gasteiger partial charge in [-0.15, -0.1) is 0 Å². The van der Waals surface area contributed by atoms with Gasteiger partial charge in [0.05, 0.1) is 0 Å². The average molecular weight is 111 g/mol. The van der Waals surface area contributed by atoms with Gasteiger partial charge in [0.1, 0.15) is 0 Å². The topological polar surface area (TPSA) is 43.1 Å². The summed E-state index contributed by atoms with van der Waals surface area (Å²) in [6.07, 6.45) is 1.50. The van der Waals surface area contributed by atoms with Crippen LogP contribution in [0.3, 0.4) is 0 Å². The van der Waals surface area contributed by atoms with Crippen molar-refractivity contribution in [1.82, 2.24) is 0 Å². The highest BCUT2D eigenvalue weighted by Gasteiger charge is 2.28. The number of carbonyl (C=O) groups excluding carboxylic acids is 1. The number of nitrogens with two attached hydrogens (primary N) is 1. The Hall–Kier alpha value is -0.790. The van der Waals surface area contributed by atoms with E-state index in [1.165, 1.54) is 5.57 Å². The second-order valence-electron chi connectivity index (χ2n) is 2.23. The van der Waals surface area contributed by atoms with E-state index in [0.29, 0.717) is 12.3 Å². The molecular formula is C6H9NO. The molecule has 1 rings (SSSR count). The molecule has 0 aromatic rings. The number of carbonyl (C=O) groups is 1. The lowest BCUT2D eigenvalue weighted by Crippen LogP contribution is -2.10. The molecule has 0 unspecified atom stereocenters. The quantitative estimate of drug-likeness (QED) is 0.516. The van der Waals surface area contributed by atoms with Crippen molar-refractivity contribution in [2.24, 2.45) is 11.7 Å². The molecule has 1 aliphatic carbocycles. The summed E-state index contributed by atoms with van der Waals surface area (Å²) in [4.78, 5) is 10.2. The molecule has 0 radical (unpaired) electrons. The van der Waals surface area contributed by atoms with Crippen molar-refractivity contribution in [2.45, 2.75) is 12.8 Å². The van der Waals surface area contributed by atoms with E-state index in [2.05, 4.69) is 6.58 Å². The molecule has 8 heavy (non-hydrogen) atoms. The lowest BCUT2D eigenvalue weighted by atomic mass is 10.3. The predicted molar refractivity (Wildman–Crippen MR) is 31.1 cm³/mol. The van der Waals surface area contributed by atoms with E-state index in [9.17, 15) is 4.79 Å². The van der Waals surface area contributed by atoms with Crippen LogP contribution < -0.4 is 5.73 Å². The summed E-state index contributed by atoms with van der Waals surface area (Å²) in [6, 6.07) is 0. The predicted octanol–water partition coefficient (Wildman–Crippen LogP) is 0.438. The Kier molecular flexibility index (Phi) is 1.08. The van der Waals surface area contributed by atoms with Gasteiger partial charge >= 0.3 is 0 Å². The van der Waals surface area contributed by atoms with Crippen molar-refractivity contribution in [3.05, 3.63) is 12.2 Å². The van der Waals surface area contributed by atoms with E-state index < -0.39 is 0 Å². The van der Waals surface area contributed by atoms with Gasteiger partial charge in [0.25, 0.3) is 0 Å². The van der Waals surface area contributed by atoms with Crippen molar-refractivity contribution >= 4 is 5.91 Å². The Balaban J connectivity index is 2.23. The van der Waals surface area contributed by atoms with Gasteiger partial charge in [-0.1, -0.05) is 12.2 Å². The second kappa shape index (κ2) is 1.62. The van der Waals surface area contributed by atoms with Crippen molar-refractivity contribution in [2.75, 3.05) is 0 Å². The van der Waals surface area contributed by atoms with Crippen LogP contribution in [0.4, 0.5) is 0 Å². The monoisotopic (exact) mass is 111 g/mol. The number of hydrogen-bond donors (Lipinski definition) is 1. The number of rotatable bonds is 2. The van der Waals surface area contributed by atoms with Gasteiger partial charge in [-0.3, -0.25) is 4.79 Å². The molecule has 0 aliphatic heterocycles. The van der Waals surface area contributed by atoms with Gasteiger partial charge < -0.3 is 5.73 Å². The summed E-state index contributed by atoms with van der Waals surface area (Å²) in [5.74, 6) is 0.209. The third-order valence-corrected chi connectivity index (χ3v) is 1.37. The van der Waals surface area contributed by atoms with Gasteiger partial charge in [0, 0.05) is 6.42 Å². The second-order valence-corrected chi connectivity index (χ2v) is 2.23. The smallest absolute Gasteiger partial charge is 0.218 e. The zero-order chi connectivity index (χ0) is 6.15. The van der Waals surface area contributed by atoms with E-state index in [1.807, 2.05) is 0 Å². The Labute approximate surface area is 48.4 Å². The fourth-order valence-electron chi connectivity index (χ4n) is 0.717. The molecule has 2 N–H and O–H groups in total. The molecule has 1 atom stereocenters. The lowest BCUT2D eigenvalue weighted by Gasteiger charge is -1.84. The van der Waals surface area contributed by atoms with Gasteiger partial charge in [0.2, 0.25) is 5.91 Å². The van der Waals surface area contributed by atoms with Crippen molar-refractivity contribution in [3.8, 4) is 0 Å². The highest BCUT2D eigenvalue weighted by atomic mass is 16.1. The molecule has 0 saturated heterocycles. The number of amides is 1. The van der Waals surface area contributed by atoms with Crippen molar-refractivity contribution in [3.63, 3.8) is 0 Å². The first-order valence-electron chi connectivity index (χ1n) is 2.66.